The van der Waals surface area contributed by atoms with Crippen LogP contribution in [0.1, 0.15) is 29.3 Å². The van der Waals surface area contributed by atoms with Crippen molar-refractivity contribution in [1.29, 1.82) is 0 Å². The highest BCUT2D eigenvalue weighted by Crippen LogP contribution is 2.22. The smallest absolute Gasteiger partial charge is 0.253 e. The molecule has 1 atom stereocenters. The van der Waals surface area contributed by atoms with Crippen LogP contribution < -0.4 is 0 Å². The first-order valence-corrected chi connectivity index (χ1v) is 6.22. The second kappa shape index (κ2) is 4.67. The predicted molar refractivity (Wildman–Crippen MR) is 67.1 cm³/mol. The van der Waals surface area contributed by atoms with Gasteiger partial charge in [-0.2, -0.15) is 0 Å². The molecule has 0 radical (unpaired) electrons. The van der Waals surface area contributed by atoms with Crippen molar-refractivity contribution in [2.75, 3.05) is 13.1 Å². The Labute approximate surface area is 106 Å². The molecule has 1 fully saturated rings. The lowest BCUT2D eigenvalue weighted by Gasteiger charge is -2.19. The number of rotatable bonds is 2. The topological polar surface area (TPSA) is 40.5 Å². The molecule has 1 aromatic carbocycles. The Kier molecular flexibility index (Phi) is 3.40. The van der Waals surface area contributed by atoms with E-state index in [-0.39, 0.29) is 5.91 Å². The van der Waals surface area contributed by atoms with Crippen molar-refractivity contribution in [3.8, 4) is 0 Å². The van der Waals surface area contributed by atoms with E-state index < -0.39 is 5.60 Å². The van der Waals surface area contributed by atoms with E-state index in [1.54, 1.807) is 24.0 Å². The maximum Gasteiger partial charge on any atom is 0.253 e. The fourth-order valence-corrected chi connectivity index (χ4v) is 2.22. The minimum atomic E-state index is -0.744. The van der Waals surface area contributed by atoms with Crippen LogP contribution in [0, 0.1) is 0 Å². The molecule has 92 valence electrons. The number of carbonyl (C=O) groups is 1. The molecule has 1 aliphatic heterocycles. The molecule has 0 spiro atoms. The zero-order chi connectivity index (χ0) is 12.5. The number of hydrogen-bond acceptors (Lipinski definition) is 2. The lowest BCUT2D eigenvalue weighted by molar-refractivity contribution is 0.0572. The molecule has 17 heavy (non-hydrogen) atoms. The number of benzene rings is 1. The SMILES string of the molecule is CC1(O)CCN(C(=O)c2ccc(CCl)cc2)C1. The number of amides is 1. The number of likely N-dealkylation sites (tertiary alicyclic amines) is 1. The van der Waals surface area contributed by atoms with Crippen LogP contribution in [0.5, 0.6) is 0 Å². The Bertz CT molecular complexity index is 414. The summed E-state index contributed by atoms with van der Waals surface area (Å²) in [6.45, 7) is 2.78. The minimum Gasteiger partial charge on any atom is -0.388 e. The average Bonchev–Trinajstić information content (AvgIpc) is 2.69. The van der Waals surface area contributed by atoms with Gasteiger partial charge in [0.05, 0.1) is 5.60 Å². The molecule has 1 saturated heterocycles. The number of carbonyl (C=O) groups excluding carboxylic acids is 1. The van der Waals surface area contributed by atoms with Crippen LogP contribution in [-0.4, -0.2) is 34.6 Å². The van der Waals surface area contributed by atoms with Gasteiger partial charge in [-0.1, -0.05) is 12.1 Å². The standard InChI is InChI=1S/C13H16ClNO2/c1-13(17)6-7-15(9-13)12(16)11-4-2-10(8-14)3-5-11/h2-5,17H,6-9H2,1H3. The number of nitrogens with zero attached hydrogens (tertiary/aromatic N) is 1. The van der Waals surface area contributed by atoms with Gasteiger partial charge in [0.1, 0.15) is 0 Å². The van der Waals surface area contributed by atoms with Crippen molar-refractivity contribution in [3.05, 3.63) is 35.4 Å². The molecule has 2 rings (SSSR count). The van der Waals surface area contributed by atoms with E-state index in [0.717, 1.165) is 5.56 Å². The molecule has 1 aliphatic rings. The second-order valence-electron chi connectivity index (χ2n) is 4.80. The van der Waals surface area contributed by atoms with Gasteiger partial charge in [-0.15, -0.1) is 11.6 Å². The molecule has 1 aromatic rings. The molecular weight excluding hydrogens is 238 g/mol. The van der Waals surface area contributed by atoms with E-state index in [0.29, 0.717) is 31.0 Å². The summed E-state index contributed by atoms with van der Waals surface area (Å²) < 4.78 is 0. The highest BCUT2D eigenvalue weighted by Gasteiger charge is 2.34. The van der Waals surface area contributed by atoms with Crippen LogP contribution in [-0.2, 0) is 5.88 Å². The summed E-state index contributed by atoms with van der Waals surface area (Å²) in [4.78, 5) is 13.8. The van der Waals surface area contributed by atoms with Crippen LogP contribution in [0.15, 0.2) is 24.3 Å². The average molecular weight is 254 g/mol. The highest BCUT2D eigenvalue weighted by molar-refractivity contribution is 6.17. The van der Waals surface area contributed by atoms with Crippen LogP contribution in [0.4, 0.5) is 0 Å². The Morgan fingerprint density at radius 3 is 2.59 bits per heavy atom. The van der Waals surface area contributed by atoms with Crippen molar-refractivity contribution in [2.45, 2.75) is 24.8 Å². The lowest BCUT2D eigenvalue weighted by Crippen LogP contribution is -2.33. The number of halogens is 1. The predicted octanol–water partition coefficient (Wildman–Crippen LogP) is 2.02. The van der Waals surface area contributed by atoms with Gasteiger partial charge in [0.2, 0.25) is 0 Å². The van der Waals surface area contributed by atoms with Crippen LogP contribution >= 0.6 is 11.6 Å². The van der Waals surface area contributed by atoms with Gasteiger partial charge in [0, 0.05) is 24.5 Å². The molecule has 0 bridgehead atoms. The van der Waals surface area contributed by atoms with Crippen molar-refractivity contribution < 1.29 is 9.90 Å². The van der Waals surface area contributed by atoms with Gasteiger partial charge in [-0.05, 0) is 31.0 Å². The van der Waals surface area contributed by atoms with E-state index in [2.05, 4.69) is 0 Å². The maximum absolute atomic E-state index is 12.1. The van der Waals surface area contributed by atoms with E-state index in [1.165, 1.54) is 0 Å². The number of β-amino-alcohol motifs (C(OH)–C–C–N with tert-alkyl or cyclic N) is 1. The first-order valence-electron chi connectivity index (χ1n) is 5.68. The van der Waals surface area contributed by atoms with Gasteiger partial charge < -0.3 is 10.0 Å². The summed E-state index contributed by atoms with van der Waals surface area (Å²) in [7, 11) is 0. The van der Waals surface area contributed by atoms with Gasteiger partial charge in [0.15, 0.2) is 0 Å². The van der Waals surface area contributed by atoms with Crippen molar-refractivity contribution in [1.82, 2.24) is 4.90 Å². The van der Waals surface area contributed by atoms with Crippen LogP contribution in [0.3, 0.4) is 0 Å². The Morgan fingerprint density at radius 1 is 1.47 bits per heavy atom. The Morgan fingerprint density at radius 2 is 2.12 bits per heavy atom. The highest BCUT2D eigenvalue weighted by atomic mass is 35.5. The maximum atomic E-state index is 12.1. The Hall–Kier alpha value is -1.06. The van der Waals surface area contributed by atoms with E-state index in [1.807, 2.05) is 12.1 Å². The third kappa shape index (κ3) is 2.79. The largest absolute Gasteiger partial charge is 0.388 e. The normalized spacial score (nSPS) is 24.1. The summed E-state index contributed by atoms with van der Waals surface area (Å²) in [6.07, 6.45) is 0.637. The minimum absolute atomic E-state index is 0.0242. The van der Waals surface area contributed by atoms with Crippen LogP contribution in [0.2, 0.25) is 0 Å². The third-order valence-electron chi connectivity index (χ3n) is 3.09. The zero-order valence-electron chi connectivity index (χ0n) is 9.82. The van der Waals surface area contributed by atoms with Gasteiger partial charge in [-0.25, -0.2) is 0 Å². The van der Waals surface area contributed by atoms with Crippen molar-refractivity contribution in [3.63, 3.8) is 0 Å². The molecule has 1 amide bonds. The number of alkyl halides is 1. The second-order valence-corrected chi connectivity index (χ2v) is 5.07. The van der Waals surface area contributed by atoms with Gasteiger partial charge in [-0.3, -0.25) is 4.79 Å². The summed E-state index contributed by atoms with van der Waals surface area (Å²) in [5.74, 6) is 0.427. The molecule has 1 heterocycles. The van der Waals surface area contributed by atoms with Gasteiger partial charge >= 0.3 is 0 Å². The molecule has 4 heteroatoms. The summed E-state index contributed by atoms with van der Waals surface area (Å²) in [5, 5.41) is 9.83. The first-order chi connectivity index (χ1) is 8.02. The van der Waals surface area contributed by atoms with E-state index in [9.17, 15) is 9.90 Å². The number of aliphatic hydroxyl groups is 1. The monoisotopic (exact) mass is 253 g/mol. The molecule has 0 saturated carbocycles. The Balaban J connectivity index is 2.09. The third-order valence-corrected chi connectivity index (χ3v) is 3.40. The van der Waals surface area contributed by atoms with Gasteiger partial charge in [0.25, 0.3) is 5.91 Å². The fraction of sp³-hybridized carbons (Fsp3) is 0.462. The molecule has 0 aromatic heterocycles. The summed E-state index contributed by atoms with van der Waals surface area (Å²) in [6, 6.07) is 7.28. The summed E-state index contributed by atoms with van der Waals surface area (Å²) >= 11 is 5.69. The van der Waals surface area contributed by atoms with Crippen LogP contribution in [0.25, 0.3) is 0 Å². The van der Waals surface area contributed by atoms with E-state index >= 15 is 0 Å². The zero-order valence-corrected chi connectivity index (χ0v) is 10.6. The quantitative estimate of drug-likeness (QED) is 0.820. The molecular formula is C13H16ClNO2. The van der Waals surface area contributed by atoms with Crippen molar-refractivity contribution in [2.24, 2.45) is 0 Å². The fourth-order valence-electron chi connectivity index (χ4n) is 2.04. The van der Waals surface area contributed by atoms with Crippen molar-refractivity contribution >= 4 is 17.5 Å². The molecule has 3 nitrogen and oxygen atoms in total. The molecule has 1 N–H and O–H groups in total. The van der Waals surface area contributed by atoms with E-state index in [4.69, 9.17) is 11.6 Å². The number of hydrogen-bond donors (Lipinski definition) is 1. The summed E-state index contributed by atoms with van der Waals surface area (Å²) in [5.41, 5.74) is 0.902. The first kappa shape index (κ1) is 12.4. The lowest BCUT2D eigenvalue weighted by atomic mass is 10.1. The molecule has 1 unspecified atom stereocenters. The molecule has 0 aliphatic carbocycles.